The number of hydrogen-bond acceptors (Lipinski definition) is 3. The Labute approximate surface area is 108 Å². The summed E-state index contributed by atoms with van der Waals surface area (Å²) in [6, 6.07) is 8.73. The zero-order valence-electron chi connectivity index (χ0n) is 11.0. The van der Waals surface area contributed by atoms with Crippen LogP contribution in [0.1, 0.15) is 31.9 Å². The standard InChI is InChI=1S/C14H22N2O2/c1-10(2)8-12(15)14(18)16-9-13(17)11-6-4-3-5-7-11/h3-7,10,12-13,17H,8-9,15H2,1-2H3,(H,16,18). The molecule has 0 aliphatic rings. The van der Waals surface area contributed by atoms with Gasteiger partial charge in [0.1, 0.15) is 0 Å². The number of nitrogens with two attached hydrogens (primary N) is 1. The fourth-order valence-electron chi connectivity index (χ4n) is 1.74. The van der Waals surface area contributed by atoms with Gasteiger partial charge in [-0.25, -0.2) is 0 Å². The van der Waals surface area contributed by atoms with E-state index in [1.54, 1.807) is 0 Å². The van der Waals surface area contributed by atoms with E-state index in [0.29, 0.717) is 12.3 Å². The highest BCUT2D eigenvalue weighted by molar-refractivity contribution is 5.81. The molecule has 0 saturated carbocycles. The Morgan fingerprint density at radius 2 is 1.94 bits per heavy atom. The summed E-state index contributed by atoms with van der Waals surface area (Å²) in [6.45, 7) is 4.23. The van der Waals surface area contributed by atoms with Crippen molar-refractivity contribution in [2.45, 2.75) is 32.4 Å². The molecule has 2 unspecified atom stereocenters. The maximum Gasteiger partial charge on any atom is 0.237 e. The number of carbonyl (C=O) groups excluding carboxylic acids is 1. The number of rotatable bonds is 6. The van der Waals surface area contributed by atoms with Crippen molar-refractivity contribution in [1.82, 2.24) is 5.32 Å². The summed E-state index contributed by atoms with van der Waals surface area (Å²) in [5.74, 6) is 0.170. The first-order valence-corrected chi connectivity index (χ1v) is 6.27. The van der Waals surface area contributed by atoms with Gasteiger partial charge in [-0.1, -0.05) is 44.2 Å². The van der Waals surface area contributed by atoms with Crippen LogP contribution in [-0.4, -0.2) is 23.6 Å². The highest BCUT2D eigenvalue weighted by atomic mass is 16.3. The summed E-state index contributed by atoms with van der Waals surface area (Å²) >= 11 is 0. The van der Waals surface area contributed by atoms with E-state index in [9.17, 15) is 9.90 Å². The summed E-state index contributed by atoms with van der Waals surface area (Å²) in [7, 11) is 0. The molecule has 0 aromatic heterocycles. The van der Waals surface area contributed by atoms with Crippen LogP contribution in [0.2, 0.25) is 0 Å². The zero-order valence-corrected chi connectivity index (χ0v) is 11.0. The van der Waals surface area contributed by atoms with E-state index in [1.165, 1.54) is 0 Å². The molecule has 4 nitrogen and oxygen atoms in total. The molecule has 2 atom stereocenters. The number of nitrogens with one attached hydrogen (secondary N) is 1. The number of carbonyl (C=O) groups is 1. The Balaban J connectivity index is 2.39. The van der Waals surface area contributed by atoms with Crippen LogP contribution in [0.3, 0.4) is 0 Å². The first kappa shape index (κ1) is 14.7. The molecule has 1 aromatic rings. The van der Waals surface area contributed by atoms with Gasteiger partial charge in [0.15, 0.2) is 0 Å². The maximum absolute atomic E-state index is 11.7. The van der Waals surface area contributed by atoms with Crippen LogP contribution < -0.4 is 11.1 Å². The molecular formula is C14H22N2O2. The molecule has 1 rings (SSSR count). The molecule has 4 heteroatoms. The van der Waals surface area contributed by atoms with Crippen molar-refractivity contribution in [3.63, 3.8) is 0 Å². The molecule has 0 aliphatic heterocycles. The lowest BCUT2D eigenvalue weighted by Gasteiger charge is -2.16. The average molecular weight is 250 g/mol. The molecule has 18 heavy (non-hydrogen) atoms. The minimum absolute atomic E-state index is 0.189. The lowest BCUT2D eigenvalue weighted by Crippen LogP contribution is -2.42. The largest absolute Gasteiger partial charge is 0.387 e. The van der Waals surface area contributed by atoms with Crippen molar-refractivity contribution in [3.8, 4) is 0 Å². The van der Waals surface area contributed by atoms with E-state index in [-0.39, 0.29) is 12.5 Å². The van der Waals surface area contributed by atoms with Crippen molar-refractivity contribution in [1.29, 1.82) is 0 Å². The van der Waals surface area contributed by atoms with Crippen LogP contribution in [-0.2, 0) is 4.79 Å². The summed E-state index contributed by atoms with van der Waals surface area (Å²) in [4.78, 5) is 11.7. The summed E-state index contributed by atoms with van der Waals surface area (Å²) in [5, 5.41) is 12.5. The van der Waals surface area contributed by atoms with Crippen LogP contribution in [0.4, 0.5) is 0 Å². The number of aliphatic hydroxyl groups is 1. The van der Waals surface area contributed by atoms with Crippen molar-refractivity contribution < 1.29 is 9.90 Å². The van der Waals surface area contributed by atoms with Gasteiger partial charge in [0.2, 0.25) is 5.91 Å². The van der Waals surface area contributed by atoms with E-state index in [0.717, 1.165) is 5.56 Å². The lowest BCUT2D eigenvalue weighted by atomic mass is 10.0. The Kier molecular flexibility index (Phi) is 5.82. The third kappa shape index (κ3) is 4.85. The minimum atomic E-state index is -0.693. The van der Waals surface area contributed by atoms with Gasteiger partial charge in [-0.15, -0.1) is 0 Å². The second-order valence-corrected chi connectivity index (χ2v) is 4.91. The molecule has 0 saturated heterocycles. The number of benzene rings is 1. The Morgan fingerprint density at radius 3 is 2.50 bits per heavy atom. The van der Waals surface area contributed by atoms with E-state index >= 15 is 0 Å². The van der Waals surface area contributed by atoms with Crippen molar-refractivity contribution >= 4 is 5.91 Å². The molecular weight excluding hydrogens is 228 g/mol. The Morgan fingerprint density at radius 1 is 1.33 bits per heavy atom. The van der Waals surface area contributed by atoms with E-state index in [4.69, 9.17) is 5.73 Å². The minimum Gasteiger partial charge on any atom is -0.387 e. The topological polar surface area (TPSA) is 75.4 Å². The Bertz CT molecular complexity index is 365. The number of amides is 1. The predicted octanol–water partition coefficient (Wildman–Crippen LogP) is 1.21. The maximum atomic E-state index is 11.7. The quantitative estimate of drug-likeness (QED) is 0.710. The van der Waals surface area contributed by atoms with Gasteiger partial charge in [-0.3, -0.25) is 4.79 Å². The van der Waals surface area contributed by atoms with E-state index < -0.39 is 12.1 Å². The molecule has 0 radical (unpaired) electrons. The van der Waals surface area contributed by atoms with Crippen LogP contribution >= 0.6 is 0 Å². The molecule has 0 spiro atoms. The van der Waals surface area contributed by atoms with Crippen LogP contribution in [0.15, 0.2) is 30.3 Å². The second kappa shape index (κ2) is 7.13. The normalized spacial score (nSPS) is 14.3. The molecule has 0 bridgehead atoms. The van der Waals surface area contributed by atoms with Gasteiger partial charge < -0.3 is 16.2 Å². The fraction of sp³-hybridized carbons (Fsp3) is 0.500. The monoisotopic (exact) mass is 250 g/mol. The first-order chi connectivity index (χ1) is 8.50. The van der Waals surface area contributed by atoms with Gasteiger partial charge in [-0.05, 0) is 17.9 Å². The molecule has 100 valence electrons. The third-order valence-electron chi connectivity index (χ3n) is 2.72. The van der Waals surface area contributed by atoms with E-state index in [1.807, 2.05) is 44.2 Å². The summed E-state index contributed by atoms with van der Waals surface area (Å²) in [6.07, 6.45) is -0.0471. The van der Waals surface area contributed by atoms with Gasteiger partial charge in [0.25, 0.3) is 0 Å². The van der Waals surface area contributed by atoms with Crippen molar-refractivity contribution in [3.05, 3.63) is 35.9 Å². The van der Waals surface area contributed by atoms with Gasteiger partial charge >= 0.3 is 0 Å². The van der Waals surface area contributed by atoms with Gasteiger partial charge in [0.05, 0.1) is 12.1 Å². The fourth-order valence-corrected chi connectivity index (χ4v) is 1.74. The predicted molar refractivity (Wildman–Crippen MR) is 71.8 cm³/mol. The molecule has 0 fully saturated rings. The van der Waals surface area contributed by atoms with Gasteiger partial charge in [0, 0.05) is 6.54 Å². The smallest absolute Gasteiger partial charge is 0.237 e. The van der Waals surface area contributed by atoms with Crippen LogP contribution in [0.25, 0.3) is 0 Å². The van der Waals surface area contributed by atoms with Gasteiger partial charge in [-0.2, -0.15) is 0 Å². The molecule has 1 aromatic carbocycles. The molecule has 0 heterocycles. The number of aliphatic hydroxyl groups excluding tert-OH is 1. The van der Waals surface area contributed by atoms with Crippen LogP contribution in [0, 0.1) is 5.92 Å². The SMILES string of the molecule is CC(C)CC(N)C(=O)NCC(O)c1ccccc1. The van der Waals surface area contributed by atoms with Crippen molar-refractivity contribution in [2.24, 2.45) is 11.7 Å². The zero-order chi connectivity index (χ0) is 13.5. The van der Waals surface area contributed by atoms with Crippen molar-refractivity contribution in [2.75, 3.05) is 6.54 Å². The van der Waals surface area contributed by atoms with E-state index in [2.05, 4.69) is 5.32 Å². The Hall–Kier alpha value is -1.39. The molecule has 1 amide bonds. The first-order valence-electron chi connectivity index (χ1n) is 6.27. The summed E-state index contributed by atoms with van der Waals surface area (Å²) < 4.78 is 0. The second-order valence-electron chi connectivity index (χ2n) is 4.91. The highest BCUT2D eigenvalue weighted by Crippen LogP contribution is 2.10. The molecule has 4 N–H and O–H groups in total. The molecule has 0 aliphatic carbocycles. The van der Waals surface area contributed by atoms with Crippen LogP contribution in [0.5, 0.6) is 0 Å². The highest BCUT2D eigenvalue weighted by Gasteiger charge is 2.16. The third-order valence-corrected chi connectivity index (χ3v) is 2.72. The average Bonchev–Trinajstić information content (AvgIpc) is 2.35. The number of hydrogen-bond donors (Lipinski definition) is 3. The summed E-state index contributed by atoms with van der Waals surface area (Å²) in [5.41, 5.74) is 6.54. The lowest BCUT2D eigenvalue weighted by molar-refractivity contribution is -0.123.